The van der Waals surface area contributed by atoms with Crippen molar-refractivity contribution in [3.05, 3.63) is 148 Å². The van der Waals surface area contributed by atoms with Crippen LogP contribution in [-0.2, 0) is 118 Å². The third kappa shape index (κ3) is 21.9. The number of hydrogen-bond acceptors (Lipinski definition) is 37. The fourth-order valence-electron chi connectivity index (χ4n) is 19.1. The van der Waals surface area contributed by atoms with E-state index in [2.05, 4.69) is 163 Å². The predicted octanol–water partition coefficient (Wildman–Crippen LogP) is 12.9. The number of aromatic amines is 4. The number of nitrogens with zero attached hydrogens (tertiary/aromatic N) is 16. The zero-order chi connectivity index (χ0) is 103. The lowest BCUT2D eigenvalue weighted by atomic mass is 10.1. The molecule has 6 aliphatic heterocycles. The molecule has 780 valence electrons. The minimum Gasteiger partial charge on any atom is -0.406 e. The maximum absolute atomic E-state index is 17.0. The van der Waals surface area contributed by atoms with Gasteiger partial charge in [-0.3, -0.25) is 105 Å². The Morgan fingerprint density at radius 2 is 0.931 bits per heavy atom. The Labute approximate surface area is 847 Å². The number of halogens is 2. The van der Waals surface area contributed by atoms with Crippen molar-refractivity contribution in [3.63, 3.8) is 0 Å². The lowest BCUT2D eigenvalue weighted by Gasteiger charge is -2.45. The summed E-state index contributed by atoms with van der Waals surface area (Å²) >= 11 is 17.6. The Bertz CT molecular complexity index is 7220. The van der Waals surface area contributed by atoms with Crippen molar-refractivity contribution in [1.29, 1.82) is 0 Å². The Kier molecular flexibility index (Phi) is 34.2. The van der Waals surface area contributed by atoms with Crippen molar-refractivity contribution < 1.29 is 101 Å². The fourth-order valence-corrected chi connectivity index (χ4v) is 38.6. The maximum atomic E-state index is 17.0. The summed E-state index contributed by atoms with van der Waals surface area (Å²) in [5.74, 6) is -1.66. The predicted molar refractivity (Wildman–Crippen MR) is 544 cm³/mol. The molecule has 144 heavy (non-hydrogen) atoms. The van der Waals surface area contributed by atoms with Gasteiger partial charge in [0.1, 0.15) is 74.3 Å². The van der Waals surface area contributed by atoms with Crippen LogP contribution in [-0.4, -0.2) is 251 Å². The van der Waals surface area contributed by atoms with Crippen LogP contribution < -0.4 is 37.6 Å². The molecule has 2 amide bonds. The first-order valence-electron chi connectivity index (χ1n) is 45.8. The largest absolute Gasteiger partial charge is 0.406 e. The van der Waals surface area contributed by atoms with Crippen molar-refractivity contribution in [3.8, 4) is 0 Å². The van der Waals surface area contributed by atoms with Gasteiger partial charge < -0.3 is 78.9 Å². The van der Waals surface area contributed by atoms with Gasteiger partial charge in [-0.2, -0.15) is 9.97 Å². The van der Waals surface area contributed by atoms with Crippen LogP contribution in [0.15, 0.2) is 98.3 Å². The highest BCUT2D eigenvalue weighted by molar-refractivity contribution is 8.08. The van der Waals surface area contributed by atoms with E-state index in [-0.39, 0.29) is 129 Å². The zero-order valence-corrected chi connectivity index (χ0v) is 89.6. The number of ether oxygens (including phenoxy) is 4. The van der Waals surface area contributed by atoms with Crippen LogP contribution in [0, 0.1) is 25.0 Å². The number of imidazole rings is 6. The molecule has 12 aromatic rings. The van der Waals surface area contributed by atoms with E-state index in [1.54, 1.807) is 68.4 Å². The van der Waals surface area contributed by atoms with E-state index in [1.807, 2.05) is 24.3 Å². The second-order valence-electron chi connectivity index (χ2n) is 37.0. The Morgan fingerprint density at radius 3 is 1.36 bits per heavy atom. The van der Waals surface area contributed by atoms with Crippen LogP contribution in [0.3, 0.4) is 0 Å². The third-order valence-electron chi connectivity index (χ3n) is 25.6. The number of amides is 2. The van der Waals surface area contributed by atoms with E-state index in [0.29, 0.717) is 11.3 Å². The summed E-state index contributed by atoms with van der Waals surface area (Å²) in [4.78, 5) is 164. The molecule has 47 nitrogen and oxygen atoms in total. The van der Waals surface area contributed by atoms with Crippen LogP contribution in [0.25, 0.3) is 76.0 Å². The minimum absolute atomic E-state index is 0. The number of rotatable bonds is 24. The number of fused-ring (bicyclic) bond motifs is 15. The molecule has 0 aliphatic carbocycles. The first-order chi connectivity index (χ1) is 67.9. The number of nitrogens with one attached hydrogen (secondary N) is 6. The summed E-state index contributed by atoms with van der Waals surface area (Å²) < 4.78 is 148. The minimum atomic E-state index is -4.40. The summed E-state index contributed by atoms with van der Waals surface area (Å²) in [5.41, 5.74) is -1.74. The first kappa shape index (κ1) is 110. The smallest absolute Gasteiger partial charge is 0.330 e. The topological polar surface area (TPSA) is 535 Å². The normalized spacial score (nSPS) is 27.8. The van der Waals surface area contributed by atoms with E-state index in [4.69, 9.17) is 122 Å². The molecule has 0 saturated carbocycles. The lowest BCUT2D eigenvalue weighted by molar-refractivity contribution is -0.119. The third-order valence-corrected chi connectivity index (χ3v) is 47.1. The van der Waals surface area contributed by atoms with E-state index in [9.17, 15) is 43.3 Å². The molecule has 20 atom stereocenters. The van der Waals surface area contributed by atoms with Gasteiger partial charge in [-0.1, -0.05) is 141 Å². The van der Waals surface area contributed by atoms with Gasteiger partial charge in [0.2, 0.25) is 65.0 Å². The number of alkyl halides is 2. The molecule has 6 saturated heterocycles. The van der Waals surface area contributed by atoms with Gasteiger partial charge in [0.15, 0.2) is 81.9 Å². The maximum Gasteiger partial charge on any atom is 0.330 e. The van der Waals surface area contributed by atoms with Crippen LogP contribution in [0.4, 0.5) is 20.7 Å². The van der Waals surface area contributed by atoms with Gasteiger partial charge in [0.25, 0.3) is 27.0 Å². The highest BCUT2D eigenvalue weighted by Crippen LogP contribution is 2.61. The molecule has 11 aromatic heterocycles. The summed E-state index contributed by atoms with van der Waals surface area (Å²) in [6.45, 7) is 31.0. The molecule has 18 rings (SSSR count). The Morgan fingerprint density at radius 1 is 0.535 bits per heavy atom. The highest BCUT2D eigenvalue weighted by atomic mass is 32.9. The van der Waals surface area contributed by atoms with Crippen LogP contribution >= 0.6 is 49.4 Å². The molecular formula is C84H112F2N22O25P4S5Si2. The van der Waals surface area contributed by atoms with Crippen molar-refractivity contribution in [2.24, 2.45) is 11.8 Å². The fraction of sp³-hybridized carbons (Fsp3) is 0.583. The molecule has 6 fully saturated rings. The summed E-state index contributed by atoms with van der Waals surface area (Å²) in [6, 6.07) is 7.68. The molecule has 0 radical (unpaired) electrons. The van der Waals surface area contributed by atoms with Crippen molar-refractivity contribution in [2.75, 3.05) is 63.4 Å². The van der Waals surface area contributed by atoms with Crippen LogP contribution in [0.5, 0.6) is 0 Å². The number of benzene rings is 1. The molecular weight excluding hydrogens is 2100 g/mol. The van der Waals surface area contributed by atoms with Crippen LogP contribution in [0.1, 0.15) is 143 Å². The number of carbonyl (C=O) groups excluding carboxylic acids is 2. The Hall–Kier alpha value is -8.32. The van der Waals surface area contributed by atoms with Crippen molar-refractivity contribution in [1.82, 2.24) is 86.9 Å². The standard InChI is InChI=1S/C38H52FN11O12P2S2Si.C38H52FN11O12P2SSi.C7H4OS2.CH4/c1-18(2)31(51)45-37-44-30-25(32(52)46-37)42-16-49(30)35-28-24(39)22(58-35)14-56-63(54,65)60-27-23(15-57-64(66,61-28)55-13-11-40-9)59-36(29(27)62-67(19(3)4,20(5)6)21(7)8)50-17-43-26-33(53)47-38-41-10-12-48(38)34(26)50;1-18(2)31(51)45-37-44-30-25(32(52)46-37)42-16-49(30)35-28-24(39)22(58-35)14-55-63(54)60-27-23(15-57-64(65,61-28)56-13-11-40-9)59-36(29(27)62-66(19(3)4,20(5)6)21(7)8)50-17-43-26-33(53)47-38-41-10-12-48(38)34(26)50;8-7-5-3-1-2-4-6(5)9-10-7;/h10,12,16-24,27-29,35-36H,11,13-15H2,1-8H3,(H,54,65)(H,41,47,53)(H2,44,45,46,51,52);10,12,16-24,27-29,35-36,54H,11,13-15H2,1-8H3,(H,41,47,53)(H2,44,45,46,51,52);1-4H;1H4/t2*22-,23-,24-,27-,28-,29-,35-,36-,63?,64?;;/m11../s1. The number of hydrogen-bond donors (Lipinski definition) is 8. The molecule has 8 N–H and O–H groups in total. The van der Waals surface area contributed by atoms with Gasteiger partial charge in [-0.05, 0) is 91.1 Å². The second kappa shape index (κ2) is 44.8. The molecule has 60 heteroatoms. The van der Waals surface area contributed by atoms with Gasteiger partial charge in [0, 0.05) is 41.3 Å². The van der Waals surface area contributed by atoms with E-state index in [1.165, 1.54) is 57.2 Å². The van der Waals surface area contributed by atoms with Crippen LogP contribution in [0.2, 0.25) is 33.2 Å². The van der Waals surface area contributed by atoms with Gasteiger partial charge >= 0.3 is 28.8 Å². The molecule has 4 unspecified atom stereocenters. The highest BCUT2D eigenvalue weighted by Gasteiger charge is 2.61. The van der Waals surface area contributed by atoms with E-state index >= 15 is 8.78 Å². The second-order valence-corrected chi connectivity index (χ2v) is 59.6. The molecule has 1 aromatic carbocycles. The number of carbonyl (C=O) groups is 2. The van der Waals surface area contributed by atoms with Crippen molar-refractivity contribution >= 4 is 192 Å². The number of anilines is 2. The van der Waals surface area contributed by atoms with Gasteiger partial charge in [-0.25, -0.2) is 51.8 Å². The summed E-state index contributed by atoms with van der Waals surface area (Å²) in [6.07, 6.45) is -10.7. The summed E-state index contributed by atoms with van der Waals surface area (Å²) in [5, 5.41) is 5.95. The quantitative estimate of drug-likeness (QED) is 0.00915. The average Bonchev–Trinajstić information content (AvgIpc) is 1.58. The Balaban J connectivity index is 0.000000195. The van der Waals surface area contributed by atoms with E-state index < -0.39 is 216 Å². The average molecular weight is 2210 g/mol. The van der Waals surface area contributed by atoms with Gasteiger partial charge in [-0.15, -0.1) is 0 Å². The zero-order valence-electron chi connectivity index (χ0n) is 80.0. The lowest BCUT2D eigenvalue weighted by Crippen LogP contribution is -2.53. The number of aromatic nitrogens is 18. The molecule has 4 bridgehead atoms. The van der Waals surface area contributed by atoms with Crippen molar-refractivity contribution in [2.45, 2.75) is 250 Å². The molecule has 17 heterocycles. The monoisotopic (exact) mass is 2210 g/mol. The SMILES string of the molecule is C.O=c1ssc2ccccc12.[C-]#[N+]CCOP1(=S)OC[C@H]2O[C@@H](n3cnc4c(=O)[nH]c5nccn5c43)[C@H](O[Si](C(C)C)(C(C)C)C(C)C)[C@@H]2OP(O)(=S)OC[C@H]2O[C@@H](n3cnc4c(=O)[nH]c(NC(=O)C(C)C)nc43)[C@H](O1)[C@@H]2F.[C-]#[N+]CCOP1(=S)OC[C@H]2O[C@@H](n3cnc4c(=O)[nH]c5nccn5c43)[C@H](O[Si](C(C)C)(C(C)C)C(C)C)[C@@H]2OP(O)OC[C@H]2O[C@@H](n3cnc4c(=O)[nH]c(NC(=O)C(C)C)nc43)[C@H](O1)[C@@H]2F. The molecule has 6 aliphatic rings. The summed E-state index contributed by atoms with van der Waals surface area (Å²) in [7, 11) is -5.72. The number of H-pyrrole nitrogens is 4. The van der Waals surface area contributed by atoms with E-state index in [0.717, 1.165) is 10.1 Å². The molecule has 0 spiro atoms. The first-order valence-corrected chi connectivity index (χ1v) is 61.1. The van der Waals surface area contributed by atoms with Gasteiger partial charge in [0.05, 0.1) is 57.1 Å².